The number of likely N-dealkylation sites (N-methyl/N-ethyl adjacent to an activating group) is 1. The van der Waals surface area contributed by atoms with Crippen molar-refractivity contribution in [3.05, 3.63) is 6.07 Å². The van der Waals surface area contributed by atoms with Crippen LogP contribution in [0.2, 0.25) is 0 Å². The van der Waals surface area contributed by atoms with Crippen LogP contribution in [-0.4, -0.2) is 54.6 Å². The molecule has 1 aliphatic rings. The molecule has 0 amide bonds. The van der Waals surface area contributed by atoms with E-state index in [4.69, 9.17) is 5.73 Å². The molecular weight excluding hydrogens is 216 g/mol. The lowest BCUT2D eigenvalue weighted by atomic mass is 10.2. The Labute approximate surface area is 102 Å². The minimum atomic E-state index is 0.318. The Kier molecular flexibility index (Phi) is 3.33. The van der Waals surface area contributed by atoms with E-state index in [0.29, 0.717) is 12.0 Å². The summed E-state index contributed by atoms with van der Waals surface area (Å²) in [6.45, 7) is 5.20. The molecule has 2 heterocycles. The average molecular weight is 236 g/mol. The largest absolute Gasteiger partial charge is 0.373 e. The van der Waals surface area contributed by atoms with Gasteiger partial charge in [0.2, 0.25) is 5.95 Å². The average Bonchev–Trinajstić information content (AvgIpc) is 2.32. The zero-order valence-corrected chi connectivity index (χ0v) is 10.6. The van der Waals surface area contributed by atoms with E-state index >= 15 is 0 Å². The number of rotatable bonds is 2. The summed E-state index contributed by atoms with van der Waals surface area (Å²) in [6, 6.07) is 2.46. The lowest BCUT2D eigenvalue weighted by Crippen LogP contribution is -2.50. The third kappa shape index (κ3) is 2.58. The van der Waals surface area contributed by atoms with Crippen molar-refractivity contribution in [2.24, 2.45) is 0 Å². The normalized spacial score (nSPS) is 21.6. The van der Waals surface area contributed by atoms with Crippen LogP contribution in [-0.2, 0) is 0 Å². The summed E-state index contributed by atoms with van der Waals surface area (Å²) < 4.78 is 0. The minimum Gasteiger partial charge on any atom is -0.373 e. The molecule has 0 aliphatic carbocycles. The number of hydrogen-bond donors (Lipinski definition) is 2. The summed E-state index contributed by atoms with van der Waals surface area (Å²) in [5.74, 6) is 1.99. The highest BCUT2D eigenvalue weighted by Gasteiger charge is 2.22. The van der Waals surface area contributed by atoms with Gasteiger partial charge in [-0.2, -0.15) is 9.97 Å². The number of nitrogens with one attached hydrogen (secondary N) is 1. The molecule has 6 nitrogen and oxygen atoms in total. The maximum atomic E-state index is 5.70. The molecule has 0 bridgehead atoms. The van der Waals surface area contributed by atoms with Crippen molar-refractivity contribution in [1.29, 1.82) is 0 Å². The van der Waals surface area contributed by atoms with E-state index < -0.39 is 0 Å². The van der Waals surface area contributed by atoms with Crippen LogP contribution in [0.4, 0.5) is 17.6 Å². The van der Waals surface area contributed by atoms with Crippen molar-refractivity contribution in [3.63, 3.8) is 0 Å². The van der Waals surface area contributed by atoms with Crippen molar-refractivity contribution in [3.8, 4) is 0 Å². The van der Waals surface area contributed by atoms with Crippen LogP contribution in [0.15, 0.2) is 6.07 Å². The van der Waals surface area contributed by atoms with Gasteiger partial charge < -0.3 is 20.9 Å². The van der Waals surface area contributed by atoms with Gasteiger partial charge in [0.25, 0.3) is 0 Å². The van der Waals surface area contributed by atoms with Gasteiger partial charge in [-0.15, -0.1) is 0 Å². The molecule has 0 radical (unpaired) electrons. The fourth-order valence-corrected chi connectivity index (χ4v) is 2.00. The van der Waals surface area contributed by atoms with Gasteiger partial charge in [-0.1, -0.05) is 0 Å². The highest BCUT2D eigenvalue weighted by atomic mass is 15.3. The molecule has 1 aliphatic heterocycles. The maximum absolute atomic E-state index is 5.70. The SMILES string of the molecule is CNc1cc(N2CCN(C)C(C)C2)nc(N)n1. The number of anilines is 3. The quantitative estimate of drug-likeness (QED) is 0.766. The first-order valence-corrected chi connectivity index (χ1v) is 5.87. The van der Waals surface area contributed by atoms with Crippen molar-refractivity contribution >= 4 is 17.6 Å². The van der Waals surface area contributed by atoms with Gasteiger partial charge in [0.1, 0.15) is 11.6 Å². The summed E-state index contributed by atoms with van der Waals surface area (Å²) in [5.41, 5.74) is 5.70. The van der Waals surface area contributed by atoms with E-state index in [0.717, 1.165) is 31.3 Å². The number of nitrogen functional groups attached to an aromatic ring is 1. The van der Waals surface area contributed by atoms with Crippen molar-refractivity contribution in [2.75, 3.05) is 49.7 Å². The van der Waals surface area contributed by atoms with Gasteiger partial charge in [-0.05, 0) is 14.0 Å². The molecule has 2 rings (SSSR count). The lowest BCUT2D eigenvalue weighted by molar-refractivity contribution is 0.233. The number of hydrogen-bond acceptors (Lipinski definition) is 6. The predicted octanol–water partition coefficient (Wildman–Crippen LogP) is 0.241. The van der Waals surface area contributed by atoms with E-state index in [-0.39, 0.29) is 0 Å². The Morgan fingerprint density at radius 3 is 2.82 bits per heavy atom. The fourth-order valence-electron chi connectivity index (χ4n) is 2.00. The monoisotopic (exact) mass is 236 g/mol. The van der Waals surface area contributed by atoms with E-state index in [2.05, 4.69) is 39.1 Å². The van der Waals surface area contributed by atoms with E-state index in [1.807, 2.05) is 13.1 Å². The van der Waals surface area contributed by atoms with Crippen LogP contribution < -0.4 is 16.0 Å². The molecular formula is C11H20N6. The summed E-state index contributed by atoms with van der Waals surface area (Å²) >= 11 is 0. The first kappa shape index (κ1) is 11.9. The molecule has 3 N–H and O–H groups in total. The van der Waals surface area contributed by atoms with Crippen LogP contribution in [0, 0.1) is 0 Å². The molecule has 1 atom stereocenters. The molecule has 6 heteroatoms. The third-order valence-electron chi connectivity index (χ3n) is 3.27. The fraction of sp³-hybridized carbons (Fsp3) is 0.636. The number of piperazine rings is 1. The van der Waals surface area contributed by atoms with Gasteiger partial charge >= 0.3 is 0 Å². The second-order valence-corrected chi connectivity index (χ2v) is 4.50. The first-order chi connectivity index (χ1) is 8.10. The smallest absolute Gasteiger partial charge is 0.223 e. The Balaban J connectivity index is 2.19. The standard InChI is InChI=1S/C11H20N6/c1-8-7-17(5-4-16(8)3)10-6-9(13-2)14-11(12)15-10/h6,8H,4-5,7H2,1-3H3,(H3,12,13,14,15). The number of nitrogens with two attached hydrogens (primary N) is 1. The zero-order chi connectivity index (χ0) is 12.4. The molecule has 1 unspecified atom stereocenters. The topological polar surface area (TPSA) is 70.3 Å². The van der Waals surface area contributed by atoms with Crippen LogP contribution >= 0.6 is 0 Å². The summed E-state index contributed by atoms with van der Waals surface area (Å²) in [6.07, 6.45) is 0. The highest BCUT2D eigenvalue weighted by molar-refractivity contribution is 5.52. The lowest BCUT2D eigenvalue weighted by Gasteiger charge is -2.38. The molecule has 1 aromatic rings. The van der Waals surface area contributed by atoms with Gasteiger partial charge in [0.05, 0.1) is 0 Å². The third-order valence-corrected chi connectivity index (χ3v) is 3.27. The van der Waals surface area contributed by atoms with Crippen LogP contribution in [0.3, 0.4) is 0 Å². The molecule has 17 heavy (non-hydrogen) atoms. The molecule has 0 aromatic carbocycles. The summed E-state index contributed by atoms with van der Waals surface area (Å²) in [5, 5.41) is 3.00. The molecule has 1 saturated heterocycles. The Morgan fingerprint density at radius 1 is 1.41 bits per heavy atom. The van der Waals surface area contributed by atoms with E-state index in [1.165, 1.54) is 0 Å². The second kappa shape index (κ2) is 4.75. The number of aromatic nitrogens is 2. The zero-order valence-electron chi connectivity index (χ0n) is 10.6. The molecule has 1 fully saturated rings. The van der Waals surface area contributed by atoms with Gasteiger partial charge in [-0.3, -0.25) is 0 Å². The minimum absolute atomic E-state index is 0.318. The van der Waals surface area contributed by atoms with Crippen LogP contribution in [0.25, 0.3) is 0 Å². The van der Waals surface area contributed by atoms with Crippen molar-refractivity contribution in [2.45, 2.75) is 13.0 Å². The molecule has 0 spiro atoms. The van der Waals surface area contributed by atoms with E-state index in [1.54, 1.807) is 0 Å². The molecule has 1 aromatic heterocycles. The predicted molar refractivity (Wildman–Crippen MR) is 70.3 cm³/mol. The van der Waals surface area contributed by atoms with Crippen LogP contribution in [0.1, 0.15) is 6.92 Å². The highest BCUT2D eigenvalue weighted by Crippen LogP contribution is 2.19. The van der Waals surface area contributed by atoms with Crippen molar-refractivity contribution < 1.29 is 0 Å². The summed E-state index contributed by atoms with van der Waals surface area (Å²) in [7, 11) is 3.98. The second-order valence-electron chi connectivity index (χ2n) is 4.50. The maximum Gasteiger partial charge on any atom is 0.223 e. The first-order valence-electron chi connectivity index (χ1n) is 5.87. The van der Waals surface area contributed by atoms with Crippen molar-refractivity contribution in [1.82, 2.24) is 14.9 Å². The van der Waals surface area contributed by atoms with Gasteiger partial charge in [-0.25, -0.2) is 0 Å². The van der Waals surface area contributed by atoms with Gasteiger partial charge in [0.15, 0.2) is 0 Å². The van der Waals surface area contributed by atoms with Crippen LogP contribution in [0.5, 0.6) is 0 Å². The number of nitrogens with zero attached hydrogens (tertiary/aromatic N) is 4. The Hall–Kier alpha value is -1.56. The Bertz CT molecular complexity index is 394. The van der Waals surface area contributed by atoms with E-state index in [9.17, 15) is 0 Å². The summed E-state index contributed by atoms with van der Waals surface area (Å²) in [4.78, 5) is 13.0. The molecule has 0 saturated carbocycles. The van der Waals surface area contributed by atoms with Gasteiger partial charge in [0, 0.05) is 38.8 Å². The molecule has 94 valence electrons. The Morgan fingerprint density at radius 2 is 2.18 bits per heavy atom.